The highest BCUT2D eigenvalue weighted by Crippen LogP contribution is 2.42. The third-order valence-electron chi connectivity index (χ3n) is 4.59. The fraction of sp³-hybridized carbons (Fsp3) is 0.765. The molecule has 1 saturated carbocycles. The Bertz CT molecular complexity index is 485. The zero-order valence-electron chi connectivity index (χ0n) is 14.1. The Morgan fingerprint density at radius 1 is 1.33 bits per heavy atom. The molecular formula is C17H29N3O. The van der Waals surface area contributed by atoms with Crippen LogP contribution in [-0.2, 0) is 16.8 Å². The molecule has 0 bridgehead atoms. The molecule has 0 aliphatic heterocycles. The highest BCUT2D eigenvalue weighted by Gasteiger charge is 2.40. The maximum Gasteiger partial charge on any atom is 0.162 e. The molecule has 2 atom stereocenters. The van der Waals surface area contributed by atoms with Gasteiger partial charge in [0.05, 0.1) is 0 Å². The van der Waals surface area contributed by atoms with Crippen molar-refractivity contribution in [2.24, 2.45) is 5.92 Å². The van der Waals surface area contributed by atoms with Crippen LogP contribution in [0.15, 0.2) is 0 Å². The monoisotopic (exact) mass is 291 g/mol. The number of nitrogens with one attached hydrogen (secondary N) is 1. The molecule has 21 heavy (non-hydrogen) atoms. The summed E-state index contributed by atoms with van der Waals surface area (Å²) in [4.78, 5) is 9.65. The molecule has 0 amide bonds. The van der Waals surface area contributed by atoms with Gasteiger partial charge in [0.15, 0.2) is 5.82 Å². The second-order valence-corrected chi connectivity index (χ2v) is 6.19. The van der Waals surface area contributed by atoms with Gasteiger partial charge in [-0.15, -0.1) is 0 Å². The minimum absolute atomic E-state index is 0.297. The number of rotatable bonds is 5. The molecule has 1 aromatic heterocycles. The Hall–Kier alpha value is -1.16. The van der Waals surface area contributed by atoms with E-state index in [1.807, 2.05) is 7.05 Å². The van der Waals surface area contributed by atoms with E-state index < -0.39 is 0 Å². The van der Waals surface area contributed by atoms with E-state index in [1.54, 1.807) is 0 Å². The topological polar surface area (TPSA) is 47.0 Å². The van der Waals surface area contributed by atoms with E-state index in [4.69, 9.17) is 14.7 Å². The third kappa shape index (κ3) is 3.20. The second-order valence-electron chi connectivity index (χ2n) is 6.19. The van der Waals surface area contributed by atoms with E-state index in [-0.39, 0.29) is 5.60 Å². The standard InChI is InChI=1S/C17H29N3O/c1-6-14-13(4)19-16(20-15(14)18-5)17(21-7-2)10-8-9-12(3)11-17/h12H,6-11H2,1-5H3,(H,18,19,20). The molecule has 4 nitrogen and oxygen atoms in total. The molecular weight excluding hydrogens is 262 g/mol. The summed E-state index contributed by atoms with van der Waals surface area (Å²) in [7, 11) is 1.93. The molecule has 2 unspecified atom stereocenters. The molecule has 1 heterocycles. The lowest BCUT2D eigenvalue weighted by molar-refractivity contribution is -0.0881. The first kappa shape index (κ1) is 16.2. The minimum Gasteiger partial charge on any atom is -0.373 e. The van der Waals surface area contributed by atoms with Crippen LogP contribution in [0.5, 0.6) is 0 Å². The van der Waals surface area contributed by atoms with Crippen molar-refractivity contribution in [2.75, 3.05) is 19.0 Å². The van der Waals surface area contributed by atoms with Gasteiger partial charge in [-0.2, -0.15) is 0 Å². The summed E-state index contributed by atoms with van der Waals surface area (Å²) in [6, 6.07) is 0. The highest BCUT2D eigenvalue weighted by atomic mass is 16.5. The lowest BCUT2D eigenvalue weighted by Gasteiger charge is -2.38. The van der Waals surface area contributed by atoms with Crippen LogP contribution in [0.25, 0.3) is 0 Å². The summed E-state index contributed by atoms with van der Waals surface area (Å²) in [6.45, 7) is 9.30. The van der Waals surface area contributed by atoms with Crippen LogP contribution >= 0.6 is 0 Å². The smallest absolute Gasteiger partial charge is 0.162 e. The second kappa shape index (κ2) is 6.73. The average molecular weight is 291 g/mol. The summed E-state index contributed by atoms with van der Waals surface area (Å²) in [5.74, 6) is 2.49. The first-order valence-electron chi connectivity index (χ1n) is 8.26. The van der Waals surface area contributed by atoms with Crippen molar-refractivity contribution >= 4 is 5.82 Å². The zero-order chi connectivity index (χ0) is 15.5. The Kier molecular flexibility index (Phi) is 5.20. The summed E-state index contributed by atoms with van der Waals surface area (Å²) in [5.41, 5.74) is 1.98. The largest absolute Gasteiger partial charge is 0.373 e. The summed E-state index contributed by atoms with van der Waals surface area (Å²) in [6.07, 6.45) is 5.46. The van der Waals surface area contributed by atoms with E-state index in [9.17, 15) is 0 Å². The van der Waals surface area contributed by atoms with Crippen LogP contribution in [0.2, 0.25) is 0 Å². The number of anilines is 1. The van der Waals surface area contributed by atoms with Crippen molar-refractivity contribution in [3.05, 3.63) is 17.1 Å². The van der Waals surface area contributed by atoms with Crippen molar-refractivity contribution in [1.29, 1.82) is 0 Å². The van der Waals surface area contributed by atoms with Gasteiger partial charge in [-0.25, -0.2) is 9.97 Å². The molecule has 0 saturated heterocycles. The van der Waals surface area contributed by atoms with Gasteiger partial charge in [-0.05, 0) is 45.4 Å². The molecule has 1 aliphatic carbocycles. The first-order chi connectivity index (χ1) is 10.1. The van der Waals surface area contributed by atoms with Crippen molar-refractivity contribution in [1.82, 2.24) is 9.97 Å². The van der Waals surface area contributed by atoms with Gasteiger partial charge in [0.25, 0.3) is 0 Å². The SMILES string of the molecule is CCOC1(c2nc(C)c(CC)c(NC)n2)CCCC(C)C1. The molecule has 1 N–H and O–H groups in total. The summed E-state index contributed by atoms with van der Waals surface area (Å²) < 4.78 is 6.20. The Morgan fingerprint density at radius 3 is 2.67 bits per heavy atom. The Morgan fingerprint density at radius 2 is 2.10 bits per heavy atom. The van der Waals surface area contributed by atoms with Gasteiger partial charge in [-0.3, -0.25) is 0 Å². The van der Waals surface area contributed by atoms with Crippen LogP contribution in [0, 0.1) is 12.8 Å². The van der Waals surface area contributed by atoms with Crippen LogP contribution in [0.3, 0.4) is 0 Å². The van der Waals surface area contributed by atoms with Gasteiger partial charge >= 0.3 is 0 Å². The van der Waals surface area contributed by atoms with Crippen LogP contribution in [0.4, 0.5) is 5.82 Å². The highest BCUT2D eigenvalue weighted by molar-refractivity contribution is 5.46. The minimum atomic E-state index is -0.297. The van der Waals surface area contributed by atoms with E-state index >= 15 is 0 Å². The number of nitrogens with zero attached hydrogens (tertiary/aromatic N) is 2. The van der Waals surface area contributed by atoms with Gasteiger partial charge < -0.3 is 10.1 Å². The van der Waals surface area contributed by atoms with E-state index in [2.05, 4.69) is 33.0 Å². The van der Waals surface area contributed by atoms with E-state index in [0.29, 0.717) is 12.5 Å². The molecule has 0 spiro atoms. The zero-order valence-corrected chi connectivity index (χ0v) is 14.1. The van der Waals surface area contributed by atoms with Crippen molar-refractivity contribution < 1.29 is 4.74 Å². The normalized spacial score (nSPS) is 25.9. The maximum atomic E-state index is 6.20. The summed E-state index contributed by atoms with van der Waals surface area (Å²) in [5, 5.41) is 3.23. The predicted molar refractivity (Wildman–Crippen MR) is 86.6 cm³/mol. The number of aryl methyl sites for hydroxylation is 1. The molecule has 1 aliphatic rings. The van der Waals surface area contributed by atoms with Crippen LogP contribution in [0.1, 0.15) is 63.5 Å². The fourth-order valence-corrected chi connectivity index (χ4v) is 3.61. The van der Waals surface area contributed by atoms with Crippen LogP contribution in [-0.4, -0.2) is 23.6 Å². The summed E-state index contributed by atoms with van der Waals surface area (Å²) >= 11 is 0. The van der Waals surface area contributed by atoms with E-state index in [0.717, 1.165) is 36.6 Å². The molecule has 4 heteroatoms. The third-order valence-corrected chi connectivity index (χ3v) is 4.59. The van der Waals surface area contributed by atoms with E-state index in [1.165, 1.54) is 18.4 Å². The van der Waals surface area contributed by atoms with Gasteiger partial charge in [-0.1, -0.05) is 20.3 Å². The van der Waals surface area contributed by atoms with Crippen molar-refractivity contribution in [3.8, 4) is 0 Å². The molecule has 1 fully saturated rings. The lowest BCUT2D eigenvalue weighted by Crippen LogP contribution is -2.37. The first-order valence-corrected chi connectivity index (χ1v) is 8.26. The Labute approximate surface area is 128 Å². The molecule has 2 rings (SSSR count). The molecule has 118 valence electrons. The number of ether oxygens (including phenoxy) is 1. The van der Waals surface area contributed by atoms with Crippen LogP contribution < -0.4 is 5.32 Å². The Balaban J connectivity index is 2.47. The number of hydrogen-bond donors (Lipinski definition) is 1. The fourth-order valence-electron chi connectivity index (χ4n) is 3.61. The molecule has 1 aromatic rings. The number of aromatic nitrogens is 2. The lowest BCUT2D eigenvalue weighted by atomic mass is 9.78. The molecule has 0 radical (unpaired) electrons. The van der Waals surface area contributed by atoms with Crippen molar-refractivity contribution in [3.63, 3.8) is 0 Å². The molecule has 0 aromatic carbocycles. The van der Waals surface area contributed by atoms with Gasteiger partial charge in [0, 0.05) is 24.9 Å². The quantitative estimate of drug-likeness (QED) is 0.895. The average Bonchev–Trinajstić information content (AvgIpc) is 2.46. The van der Waals surface area contributed by atoms with Crippen molar-refractivity contribution in [2.45, 2.75) is 65.4 Å². The van der Waals surface area contributed by atoms with Gasteiger partial charge in [0.2, 0.25) is 0 Å². The number of hydrogen-bond acceptors (Lipinski definition) is 4. The predicted octanol–water partition coefficient (Wildman–Crippen LogP) is 3.83. The van der Waals surface area contributed by atoms with Gasteiger partial charge in [0.1, 0.15) is 11.4 Å². The maximum absolute atomic E-state index is 6.20.